The van der Waals surface area contributed by atoms with Crippen LogP contribution in [-0.4, -0.2) is 41.6 Å². The third kappa shape index (κ3) is 3.93. The number of carbonyl (C=O) groups is 3. The first-order valence-corrected chi connectivity index (χ1v) is 5.62. The highest BCUT2D eigenvalue weighted by atomic mass is 16.4. The van der Waals surface area contributed by atoms with E-state index in [1.54, 1.807) is 6.92 Å². The fraction of sp³-hybridized carbons (Fsp3) is 0.700. The van der Waals surface area contributed by atoms with Gasteiger partial charge in [0, 0.05) is 6.54 Å². The number of nitrogens with one attached hydrogen (secondary N) is 3. The molecule has 7 nitrogen and oxygen atoms in total. The largest absolute Gasteiger partial charge is 0.480 e. The Bertz CT molecular complexity index is 319. The van der Waals surface area contributed by atoms with Gasteiger partial charge >= 0.3 is 12.0 Å². The van der Waals surface area contributed by atoms with Crippen LogP contribution >= 0.6 is 0 Å². The van der Waals surface area contributed by atoms with E-state index in [0.29, 0.717) is 19.4 Å². The molecule has 0 aliphatic carbocycles. The van der Waals surface area contributed by atoms with Crippen LogP contribution in [0.2, 0.25) is 0 Å². The van der Waals surface area contributed by atoms with E-state index in [4.69, 9.17) is 5.11 Å². The van der Waals surface area contributed by atoms with Crippen LogP contribution in [0.25, 0.3) is 0 Å². The number of rotatable bonds is 4. The van der Waals surface area contributed by atoms with Crippen LogP contribution in [0.3, 0.4) is 0 Å². The maximum Gasteiger partial charge on any atom is 0.326 e. The molecule has 0 bridgehead atoms. The van der Waals surface area contributed by atoms with E-state index in [2.05, 4.69) is 16.0 Å². The van der Waals surface area contributed by atoms with E-state index in [9.17, 15) is 14.4 Å². The average molecular weight is 243 g/mol. The first-order valence-electron chi connectivity index (χ1n) is 5.62. The summed E-state index contributed by atoms with van der Waals surface area (Å²) < 4.78 is 0. The van der Waals surface area contributed by atoms with Crippen molar-refractivity contribution in [2.45, 2.75) is 38.3 Å². The molecule has 2 atom stereocenters. The molecule has 1 unspecified atom stereocenters. The van der Waals surface area contributed by atoms with Crippen LogP contribution in [0.5, 0.6) is 0 Å². The molecule has 4 N–H and O–H groups in total. The molecule has 96 valence electrons. The second kappa shape index (κ2) is 6.07. The average Bonchev–Trinajstić information content (AvgIpc) is 2.28. The monoisotopic (exact) mass is 243 g/mol. The Hall–Kier alpha value is -1.79. The molecular formula is C10H17N3O4. The molecule has 0 spiro atoms. The molecule has 3 amide bonds. The number of piperidine rings is 1. The first-order chi connectivity index (χ1) is 8.04. The molecular weight excluding hydrogens is 226 g/mol. The Balaban J connectivity index is 2.42. The molecule has 1 aliphatic heterocycles. The summed E-state index contributed by atoms with van der Waals surface area (Å²) in [4.78, 5) is 33.5. The second-order valence-electron chi connectivity index (χ2n) is 3.90. The zero-order chi connectivity index (χ0) is 12.8. The number of carbonyl (C=O) groups excluding carboxylic acids is 2. The van der Waals surface area contributed by atoms with E-state index in [1.165, 1.54) is 0 Å². The van der Waals surface area contributed by atoms with Crippen molar-refractivity contribution in [3.63, 3.8) is 0 Å². The van der Waals surface area contributed by atoms with Gasteiger partial charge in [0.25, 0.3) is 0 Å². The molecule has 1 saturated heterocycles. The topological polar surface area (TPSA) is 108 Å². The molecule has 7 heteroatoms. The van der Waals surface area contributed by atoms with Gasteiger partial charge in [-0.1, -0.05) is 6.92 Å². The van der Waals surface area contributed by atoms with Crippen LogP contribution in [0.15, 0.2) is 0 Å². The van der Waals surface area contributed by atoms with E-state index in [-0.39, 0.29) is 5.91 Å². The first kappa shape index (κ1) is 13.3. The zero-order valence-electron chi connectivity index (χ0n) is 9.66. The van der Waals surface area contributed by atoms with E-state index >= 15 is 0 Å². The van der Waals surface area contributed by atoms with Crippen molar-refractivity contribution in [1.29, 1.82) is 0 Å². The number of hydrogen-bond donors (Lipinski definition) is 4. The molecule has 17 heavy (non-hydrogen) atoms. The maximum absolute atomic E-state index is 11.5. The third-order valence-corrected chi connectivity index (χ3v) is 2.60. The highest BCUT2D eigenvalue weighted by Crippen LogP contribution is 2.02. The smallest absolute Gasteiger partial charge is 0.326 e. The van der Waals surface area contributed by atoms with Gasteiger partial charge < -0.3 is 21.1 Å². The minimum absolute atomic E-state index is 0.227. The summed E-state index contributed by atoms with van der Waals surface area (Å²) >= 11 is 0. The Morgan fingerprint density at radius 1 is 1.59 bits per heavy atom. The van der Waals surface area contributed by atoms with Crippen molar-refractivity contribution in [3.8, 4) is 0 Å². The molecule has 0 saturated carbocycles. The van der Waals surface area contributed by atoms with Gasteiger partial charge in [0.05, 0.1) is 0 Å². The Morgan fingerprint density at radius 3 is 2.82 bits per heavy atom. The number of aliphatic carboxylic acids is 1. The number of amides is 3. The minimum atomic E-state index is -1.09. The Morgan fingerprint density at radius 2 is 2.29 bits per heavy atom. The highest BCUT2D eigenvalue weighted by molar-refractivity contribution is 5.89. The van der Waals surface area contributed by atoms with Crippen LogP contribution in [-0.2, 0) is 9.59 Å². The van der Waals surface area contributed by atoms with Crippen molar-refractivity contribution in [1.82, 2.24) is 16.0 Å². The van der Waals surface area contributed by atoms with Gasteiger partial charge in [-0.15, -0.1) is 0 Å². The Kier molecular flexibility index (Phi) is 4.74. The molecule has 0 aromatic carbocycles. The lowest BCUT2D eigenvalue weighted by molar-refractivity contribution is -0.139. The molecule has 0 aromatic heterocycles. The van der Waals surface area contributed by atoms with Crippen LogP contribution in [0, 0.1) is 0 Å². The number of hydrogen-bond acceptors (Lipinski definition) is 3. The summed E-state index contributed by atoms with van der Waals surface area (Å²) in [6, 6.07) is -2.13. The molecule has 1 rings (SSSR count). The summed E-state index contributed by atoms with van der Waals surface area (Å²) in [6.07, 6.45) is 1.66. The summed E-state index contributed by atoms with van der Waals surface area (Å²) in [5, 5.41) is 16.2. The molecule has 0 radical (unpaired) electrons. The molecule has 0 aromatic rings. The molecule has 1 fully saturated rings. The van der Waals surface area contributed by atoms with Crippen LogP contribution in [0.1, 0.15) is 26.2 Å². The lowest BCUT2D eigenvalue weighted by Crippen LogP contribution is -2.55. The van der Waals surface area contributed by atoms with Crippen molar-refractivity contribution < 1.29 is 19.5 Å². The normalized spacial score (nSPS) is 21.2. The van der Waals surface area contributed by atoms with Crippen molar-refractivity contribution in [2.24, 2.45) is 0 Å². The van der Waals surface area contributed by atoms with E-state index < -0.39 is 24.1 Å². The fourth-order valence-electron chi connectivity index (χ4n) is 1.61. The summed E-state index contributed by atoms with van der Waals surface area (Å²) in [6.45, 7) is 2.28. The summed E-state index contributed by atoms with van der Waals surface area (Å²) in [5.74, 6) is -1.31. The lowest BCUT2D eigenvalue weighted by Gasteiger charge is -2.23. The van der Waals surface area contributed by atoms with Gasteiger partial charge in [0.2, 0.25) is 5.91 Å². The van der Waals surface area contributed by atoms with Gasteiger partial charge in [-0.05, 0) is 19.3 Å². The van der Waals surface area contributed by atoms with Gasteiger partial charge in [-0.25, -0.2) is 9.59 Å². The molecule has 1 aliphatic rings. The standard InChI is InChI=1S/C10H17N3O4/c1-2-6(9(15)16)12-10(17)13-7-4-3-5-11-8(7)14/h6-7H,2-5H2,1H3,(H,11,14)(H,15,16)(H2,12,13,17)/t6-,7?/m1/s1. The van der Waals surface area contributed by atoms with Crippen LogP contribution in [0.4, 0.5) is 4.79 Å². The van der Waals surface area contributed by atoms with E-state index in [1.807, 2.05) is 0 Å². The van der Waals surface area contributed by atoms with Crippen LogP contribution < -0.4 is 16.0 Å². The van der Waals surface area contributed by atoms with Crippen molar-refractivity contribution in [3.05, 3.63) is 0 Å². The third-order valence-electron chi connectivity index (χ3n) is 2.60. The summed E-state index contributed by atoms with van der Waals surface area (Å²) in [5.41, 5.74) is 0. The molecule has 1 heterocycles. The SMILES string of the molecule is CC[C@@H](NC(=O)NC1CCCNC1=O)C(=O)O. The fourth-order valence-corrected chi connectivity index (χ4v) is 1.61. The van der Waals surface area contributed by atoms with Gasteiger partial charge in [-0.3, -0.25) is 4.79 Å². The van der Waals surface area contributed by atoms with Gasteiger partial charge in [0.15, 0.2) is 0 Å². The maximum atomic E-state index is 11.5. The van der Waals surface area contributed by atoms with E-state index in [0.717, 1.165) is 6.42 Å². The lowest BCUT2D eigenvalue weighted by atomic mass is 10.1. The number of carboxylic acid groups (broad SMARTS) is 1. The quantitative estimate of drug-likeness (QED) is 0.530. The van der Waals surface area contributed by atoms with Crippen molar-refractivity contribution in [2.75, 3.05) is 6.54 Å². The number of urea groups is 1. The zero-order valence-corrected chi connectivity index (χ0v) is 9.66. The minimum Gasteiger partial charge on any atom is -0.480 e. The van der Waals surface area contributed by atoms with Gasteiger partial charge in [-0.2, -0.15) is 0 Å². The van der Waals surface area contributed by atoms with Gasteiger partial charge in [0.1, 0.15) is 12.1 Å². The Labute approximate surface area is 98.9 Å². The number of carboxylic acids is 1. The highest BCUT2D eigenvalue weighted by Gasteiger charge is 2.25. The predicted molar refractivity (Wildman–Crippen MR) is 59.4 cm³/mol. The predicted octanol–water partition coefficient (Wildman–Crippen LogP) is -0.573. The van der Waals surface area contributed by atoms with Crippen molar-refractivity contribution >= 4 is 17.9 Å². The second-order valence-corrected chi connectivity index (χ2v) is 3.90. The summed E-state index contributed by atoms with van der Waals surface area (Å²) in [7, 11) is 0.